The number of aromatic amines is 1. The Morgan fingerprint density at radius 1 is 1.24 bits per heavy atom. The van der Waals surface area contributed by atoms with Crippen LogP contribution in [-0.4, -0.2) is 9.97 Å². The second-order valence-electron chi connectivity index (χ2n) is 3.55. The molecule has 0 aliphatic carbocycles. The van der Waals surface area contributed by atoms with Gasteiger partial charge in [0.2, 0.25) is 0 Å². The Morgan fingerprint density at radius 2 is 2.00 bits per heavy atom. The fraction of sp³-hybridized carbons (Fsp3) is 0.182. The van der Waals surface area contributed by atoms with Crippen LogP contribution in [0.4, 0.5) is 18.9 Å². The minimum absolute atomic E-state index is 0.0914. The molecule has 0 amide bonds. The minimum Gasteiger partial charge on any atom is -0.377 e. The topological polar surface area (TPSA) is 40.7 Å². The predicted molar refractivity (Wildman–Crippen MR) is 57.0 cm³/mol. The van der Waals surface area contributed by atoms with Crippen molar-refractivity contribution in [1.82, 2.24) is 9.97 Å². The minimum atomic E-state index is -1.48. The standard InChI is InChI=1S/C11H10F3N3/c1-6-9(17-5-16-6)4-15-8-3-2-7(12)10(13)11(8)14/h2-3,5,15H,4H2,1H3,(H,16,17). The molecule has 0 fully saturated rings. The van der Waals surface area contributed by atoms with E-state index in [2.05, 4.69) is 15.3 Å². The van der Waals surface area contributed by atoms with Crippen LogP contribution in [0, 0.1) is 24.4 Å². The zero-order chi connectivity index (χ0) is 12.4. The lowest BCUT2D eigenvalue weighted by Gasteiger charge is -2.07. The Morgan fingerprint density at radius 3 is 2.65 bits per heavy atom. The molecular formula is C11H10F3N3. The van der Waals surface area contributed by atoms with Crippen LogP contribution in [0.25, 0.3) is 0 Å². The van der Waals surface area contributed by atoms with Crippen molar-refractivity contribution in [2.24, 2.45) is 0 Å². The van der Waals surface area contributed by atoms with Gasteiger partial charge in [-0.25, -0.2) is 18.2 Å². The van der Waals surface area contributed by atoms with Crippen molar-refractivity contribution in [1.29, 1.82) is 0 Å². The second kappa shape index (κ2) is 4.48. The number of aromatic nitrogens is 2. The van der Waals surface area contributed by atoms with Gasteiger partial charge in [-0.1, -0.05) is 0 Å². The SMILES string of the molecule is Cc1[nH]cnc1CNc1ccc(F)c(F)c1F. The lowest BCUT2D eigenvalue weighted by molar-refractivity contribution is 0.449. The Bertz CT molecular complexity index is 537. The monoisotopic (exact) mass is 241 g/mol. The molecule has 1 heterocycles. The summed E-state index contributed by atoms with van der Waals surface area (Å²) in [4.78, 5) is 6.85. The van der Waals surface area contributed by atoms with Crippen LogP contribution in [0.2, 0.25) is 0 Å². The average molecular weight is 241 g/mol. The summed E-state index contributed by atoms with van der Waals surface area (Å²) in [5, 5.41) is 2.66. The van der Waals surface area contributed by atoms with Crippen molar-refractivity contribution >= 4 is 5.69 Å². The molecule has 17 heavy (non-hydrogen) atoms. The van der Waals surface area contributed by atoms with Crippen LogP contribution < -0.4 is 5.32 Å². The quantitative estimate of drug-likeness (QED) is 0.811. The first-order valence-corrected chi connectivity index (χ1v) is 4.96. The number of nitrogens with one attached hydrogen (secondary N) is 2. The number of aryl methyl sites for hydroxylation is 1. The van der Waals surface area contributed by atoms with E-state index in [-0.39, 0.29) is 12.2 Å². The largest absolute Gasteiger partial charge is 0.377 e. The molecule has 0 aliphatic heterocycles. The Labute approximate surface area is 95.7 Å². The van der Waals surface area contributed by atoms with Crippen molar-refractivity contribution in [2.75, 3.05) is 5.32 Å². The summed E-state index contributed by atoms with van der Waals surface area (Å²) in [5.41, 5.74) is 1.43. The van der Waals surface area contributed by atoms with Gasteiger partial charge in [-0.05, 0) is 19.1 Å². The molecule has 0 unspecified atom stereocenters. The summed E-state index contributed by atoms with van der Waals surface area (Å²) in [7, 11) is 0. The molecule has 1 aromatic heterocycles. The van der Waals surface area contributed by atoms with Crippen LogP contribution >= 0.6 is 0 Å². The molecule has 0 spiro atoms. The summed E-state index contributed by atoms with van der Waals surface area (Å²) in [6, 6.07) is 2.02. The van der Waals surface area contributed by atoms with Gasteiger partial charge in [-0.2, -0.15) is 0 Å². The zero-order valence-electron chi connectivity index (χ0n) is 9.02. The molecule has 1 aromatic carbocycles. The number of H-pyrrole nitrogens is 1. The first kappa shape index (κ1) is 11.5. The number of imidazole rings is 1. The van der Waals surface area contributed by atoms with Gasteiger partial charge in [-0.3, -0.25) is 0 Å². The Hall–Kier alpha value is -1.98. The Balaban J connectivity index is 2.15. The van der Waals surface area contributed by atoms with Gasteiger partial charge in [-0.15, -0.1) is 0 Å². The maximum absolute atomic E-state index is 13.3. The van der Waals surface area contributed by atoms with E-state index >= 15 is 0 Å². The Kier molecular flexibility index (Phi) is 3.03. The average Bonchev–Trinajstić information content (AvgIpc) is 2.71. The van der Waals surface area contributed by atoms with E-state index in [0.717, 1.165) is 17.8 Å². The number of hydrogen-bond acceptors (Lipinski definition) is 2. The third-order valence-corrected chi connectivity index (χ3v) is 2.42. The summed E-state index contributed by atoms with van der Waals surface area (Å²) in [5.74, 6) is -3.91. The van der Waals surface area contributed by atoms with Gasteiger partial charge < -0.3 is 10.3 Å². The molecule has 0 atom stereocenters. The first-order valence-electron chi connectivity index (χ1n) is 4.96. The van der Waals surface area contributed by atoms with Crippen molar-refractivity contribution in [3.63, 3.8) is 0 Å². The van der Waals surface area contributed by atoms with Gasteiger partial charge >= 0.3 is 0 Å². The number of nitrogens with zero attached hydrogens (tertiary/aromatic N) is 1. The van der Waals surface area contributed by atoms with Crippen molar-refractivity contribution in [3.05, 3.63) is 47.3 Å². The maximum atomic E-state index is 13.3. The highest BCUT2D eigenvalue weighted by atomic mass is 19.2. The summed E-state index contributed by atoms with van der Waals surface area (Å²) in [6.07, 6.45) is 1.51. The molecule has 3 nitrogen and oxygen atoms in total. The van der Waals surface area contributed by atoms with Crippen LogP contribution in [0.1, 0.15) is 11.4 Å². The zero-order valence-corrected chi connectivity index (χ0v) is 9.02. The van der Waals surface area contributed by atoms with E-state index in [1.165, 1.54) is 6.33 Å². The molecule has 0 radical (unpaired) electrons. The van der Waals surface area contributed by atoms with Gasteiger partial charge in [0.05, 0.1) is 24.3 Å². The maximum Gasteiger partial charge on any atom is 0.196 e. The third-order valence-electron chi connectivity index (χ3n) is 2.42. The van der Waals surface area contributed by atoms with E-state index in [0.29, 0.717) is 5.69 Å². The predicted octanol–water partition coefficient (Wildman–Crippen LogP) is 2.75. The van der Waals surface area contributed by atoms with Gasteiger partial charge in [0, 0.05) is 5.69 Å². The normalized spacial score (nSPS) is 10.6. The molecule has 2 N–H and O–H groups in total. The molecule has 2 aromatic rings. The molecule has 0 aliphatic rings. The van der Waals surface area contributed by atoms with Crippen LogP contribution in [0.5, 0.6) is 0 Å². The molecule has 90 valence electrons. The van der Waals surface area contributed by atoms with Gasteiger partial charge in [0.15, 0.2) is 17.5 Å². The van der Waals surface area contributed by atoms with Gasteiger partial charge in [0.1, 0.15) is 0 Å². The smallest absolute Gasteiger partial charge is 0.196 e. The second-order valence-corrected chi connectivity index (χ2v) is 3.55. The fourth-order valence-corrected chi connectivity index (χ4v) is 1.41. The number of anilines is 1. The third kappa shape index (κ3) is 2.25. The summed E-state index contributed by atoms with van der Waals surface area (Å²) in [6.45, 7) is 2.04. The van der Waals surface area contributed by atoms with Crippen molar-refractivity contribution in [2.45, 2.75) is 13.5 Å². The molecule has 6 heteroatoms. The molecular weight excluding hydrogens is 231 g/mol. The lowest BCUT2D eigenvalue weighted by Crippen LogP contribution is -2.05. The van der Waals surface area contributed by atoms with Gasteiger partial charge in [0.25, 0.3) is 0 Å². The highest BCUT2D eigenvalue weighted by Crippen LogP contribution is 2.20. The number of benzene rings is 1. The van der Waals surface area contributed by atoms with Crippen molar-refractivity contribution < 1.29 is 13.2 Å². The van der Waals surface area contributed by atoms with E-state index in [4.69, 9.17) is 0 Å². The summed E-state index contributed by atoms with van der Waals surface area (Å²) < 4.78 is 38.9. The van der Waals surface area contributed by atoms with E-state index in [1.54, 1.807) is 0 Å². The van der Waals surface area contributed by atoms with Crippen LogP contribution in [0.3, 0.4) is 0 Å². The molecule has 0 bridgehead atoms. The fourth-order valence-electron chi connectivity index (χ4n) is 1.41. The van der Waals surface area contributed by atoms with E-state index in [1.807, 2.05) is 6.92 Å². The number of hydrogen-bond donors (Lipinski definition) is 2. The van der Waals surface area contributed by atoms with E-state index < -0.39 is 17.5 Å². The number of rotatable bonds is 3. The number of halogens is 3. The lowest BCUT2D eigenvalue weighted by atomic mass is 10.2. The highest BCUT2D eigenvalue weighted by molar-refractivity contribution is 5.45. The highest BCUT2D eigenvalue weighted by Gasteiger charge is 2.13. The molecule has 0 saturated heterocycles. The van der Waals surface area contributed by atoms with Crippen LogP contribution in [-0.2, 0) is 6.54 Å². The summed E-state index contributed by atoms with van der Waals surface area (Å²) >= 11 is 0. The molecule has 2 rings (SSSR count). The molecule has 0 saturated carbocycles. The first-order chi connectivity index (χ1) is 8.09. The van der Waals surface area contributed by atoms with E-state index in [9.17, 15) is 13.2 Å². The van der Waals surface area contributed by atoms with Crippen LogP contribution in [0.15, 0.2) is 18.5 Å². The van der Waals surface area contributed by atoms with Crippen molar-refractivity contribution in [3.8, 4) is 0 Å².